The highest BCUT2D eigenvalue weighted by atomic mass is 16.5. The van der Waals surface area contributed by atoms with Crippen molar-refractivity contribution < 1.29 is 23.7 Å². The zero-order valence-electron chi connectivity index (χ0n) is 16.5. The van der Waals surface area contributed by atoms with Gasteiger partial charge in [-0.25, -0.2) is 9.36 Å². The normalized spacial score (nSPS) is 17.9. The third-order valence-electron chi connectivity index (χ3n) is 5.29. The summed E-state index contributed by atoms with van der Waals surface area (Å²) in [4.78, 5) is 43.3. The Kier molecular flexibility index (Phi) is 4.14. The number of amides is 4. The number of ether oxygens (including phenoxy) is 1. The number of primary amides is 1. The Bertz CT molecular complexity index is 1100. The Hall–Kier alpha value is -3.69. The molecule has 150 valence electrons. The highest BCUT2D eigenvalue weighted by Crippen LogP contribution is 2.33. The number of rotatable bonds is 4. The number of likely N-dealkylation sites (N-methyl/N-ethyl adjacent to an activating group) is 2. The SMILES string of the molecule is Cc1c(C)[n+]2c(n1-c1cccc(OCC(N)=O)c1)N=C1C2C(=O)N(C)C(=O)N1C. The first-order chi connectivity index (χ1) is 13.7. The van der Waals surface area contributed by atoms with Gasteiger partial charge in [0.25, 0.3) is 11.8 Å². The summed E-state index contributed by atoms with van der Waals surface area (Å²) in [7, 11) is 3.07. The lowest BCUT2D eigenvalue weighted by molar-refractivity contribution is -0.682. The zero-order chi connectivity index (χ0) is 21.0. The van der Waals surface area contributed by atoms with Gasteiger partial charge in [-0.15, -0.1) is 0 Å². The number of amidine groups is 1. The molecule has 0 spiro atoms. The number of urea groups is 1. The number of carbonyl (C=O) groups excluding carboxylic acids is 3. The molecule has 0 radical (unpaired) electrons. The molecule has 0 saturated carbocycles. The van der Waals surface area contributed by atoms with E-state index in [0.29, 0.717) is 17.5 Å². The van der Waals surface area contributed by atoms with Crippen LogP contribution in [0.3, 0.4) is 0 Å². The van der Waals surface area contributed by atoms with Gasteiger partial charge < -0.3 is 10.5 Å². The van der Waals surface area contributed by atoms with Crippen molar-refractivity contribution in [3.8, 4) is 11.4 Å². The monoisotopic (exact) mass is 397 g/mol. The molecule has 2 N–H and O–H groups in total. The number of hydrogen-bond donors (Lipinski definition) is 1. The summed E-state index contributed by atoms with van der Waals surface area (Å²) < 4.78 is 9.14. The number of carbonyl (C=O) groups is 3. The molecule has 4 amide bonds. The summed E-state index contributed by atoms with van der Waals surface area (Å²) in [6.45, 7) is 3.61. The standard InChI is InChI=1S/C19H20N6O4/c1-10-11(2)25-15-16(22(3)19(28)23(4)17(15)27)21-18(25)24(10)12-6-5-7-13(8-12)29-9-14(20)26/h5-8,15H,9H2,1-4H3,(H-,20,26)/p+1. The highest BCUT2D eigenvalue weighted by Gasteiger charge is 2.53. The maximum Gasteiger partial charge on any atom is 0.407 e. The van der Waals surface area contributed by atoms with Crippen LogP contribution in [-0.4, -0.2) is 58.8 Å². The minimum atomic E-state index is -0.688. The lowest BCUT2D eigenvalue weighted by atomic mass is 10.1. The van der Waals surface area contributed by atoms with Crippen LogP contribution in [0, 0.1) is 13.8 Å². The number of imidazole rings is 1. The van der Waals surface area contributed by atoms with E-state index in [2.05, 4.69) is 4.99 Å². The summed E-state index contributed by atoms with van der Waals surface area (Å²) in [5.74, 6) is 0.526. The molecule has 0 aliphatic carbocycles. The molecule has 29 heavy (non-hydrogen) atoms. The Morgan fingerprint density at radius 3 is 2.66 bits per heavy atom. The van der Waals surface area contributed by atoms with Gasteiger partial charge in [0.05, 0.1) is 0 Å². The minimum absolute atomic E-state index is 0.224. The molecular weight excluding hydrogens is 376 g/mol. The van der Waals surface area contributed by atoms with Gasteiger partial charge in [-0.2, -0.15) is 4.57 Å². The van der Waals surface area contributed by atoms with Crippen molar-refractivity contribution in [1.29, 1.82) is 0 Å². The molecule has 2 aliphatic heterocycles. The molecular formula is C19H21N6O4+. The number of hydrogen-bond acceptors (Lipinski definition) is 5. The van der Waals surface area contributed by atoms with E-state index in [4.69, 9.17) is 10.5 Å². The average Bonchev–Trinajstić information content (AvgIpc) is 3.19. The number of benzene rings is 1. The summed E-state index contributed by atoms with van der Waals surface area (Å²) in [5, 5.41) is 0. The van der Waals surface area contributed by atoms with Crippen LogP contribution in [0.4, 0.5) is 10.7 Å². The summed E-state index contributed by atoms with van der Waals surface area (Å²) in [6, 6.07) is 6.05. The van der Waals surface area contributed by atoms with E-state index in [-0.39, 0.29) is 12.5 Å². The highest BCUT2D eigenvalue weighted by molar-refractivity contribution is 6.18. The van der Waals surface area contributed by atoms with Crippen LogP contribution >= 0.6 is 0 Å². The molecule has 1 unspecified atom stereocenters. The molecule has 1 aromatic carbocycles. The van der Waals surface area contributed by atoms with Gasteiger partial charge in [-0.05, 0) is 26.0 Å². The van der Waals surface area contributed by atoms with Crippen molar-refractivity contribution in [2.24, 2.45) is 10.7 Å². The number of aliphatic imine (C=N–C) groups is 1. The van der Waals surface area contributed by atoms with E-state index in [1.165, 1.54) is 11.9 Å². The second kappa shape index (κ2) is 6.43. The maximum atomic E-state index is 12.8. The summed E-state index contributed by atoms with van der Waals surface area (Å²) >= 11 is 0. The first-order valence-corrected chi connectivity index (χ1v) is 9.01. The fourth-order valence-electron chi connectivity index (χ4n) is 3.69. The first-order valence-electron chi connectivity index (χ1n) is 9.01. The number of aromatic nitrogens is 2. The largest absolute Gasteiger partial charge is 0.484 e. The number of imide groups is 1. The van der Waals surface area contributed by atoms with Crippen LogP contribution < -0.4 is 15.0 Å². The summed E-state index contributed by atoms with van der Waals surface area (Å²) in [6.07, 6.45) is 0. The second-order valence-corrected chi connectivity index (χ2v) is 7.04. The molecule has 1 aromatic heterocycles. The molecule has 10 nitrogen and oxygen atoms in total. The molecule has 1 atom stereocenters. The van der Waals surface area contributed by atoms with E-state index >= 15 is 0 Å². The average molecular weight is 397 g/mol. The first kappa shape index (κ1) is 18.7. The quantitative estimate of drug-likeness (QED) is 0.750. The lowest BCUT2D eigenvalue weighted by Gasteiger charge is -2.30. The fourth-order valence-corrected chi connectivity index (χ4v) is 3.69. The predicted molar refractivity (Wildman–Crippen MR) is 102 cm³/mol. The van der Waals surface area contributed by atoms with Gasteiger partial charge in [0.1, 0.15) is 22.8 Å². The van der Waals surface area contributed by atoms with Gasteiger partial charge in [0.2, 0.25) is 11.9 Å². The van der Waals surface area contributed by atoms with Gasteiger partial charge in [0, 0.05) is 20.2 Å². The predicted octanol–water partition coefficient (Wildman–Crippen LogP) is 0.354. The van der Waals surface area contributed by atoms with E-state index in [1.807, 2.05) is 29.0 Å². The summed E-state index contributed by atoms with van der Waals surface area (Å²) in [5.41, 5.74) is 7.65. The molecule has 2 aromatic rings. The van der Waals surface area contributed by atoms with Crippen molar-refractivity contribution >= 4 is 29.6 Å². The Balaban J connectivity index is 1.84. The topological polar surface area (TPSA) is 114 Å². The lowest BCUT2D eigenvalue weighted by Crippen LogP contribution is -2.62. The van der Waals surface area contributed by atoms with Crippen molar-refractivity contribution in [3.05, 3.63) is 35.7 Å². The molecule has 10 heteroatoms. The van der Waals surface area contributed by atoms with E-state index in [0.717, 1.165) is 22.0 Å². The second-order valence-electron chi connectivity index (χ2n) is 7.04. The molecule has 2 aliphatic rings. The van der Waals surface area contributed by atoms with Crippen LogP contribution in [0.1, 0.15) is 17.4 Å². The van der Waals surface area contributed by atoms with Gasteiger partial charge >= 0.3 is 12.0 Å². The maximum absolute atomic E-state index is 12.8. The van der Waals surface area contributed by atoms with Gasteiger partial charge in [-0.3, -0.25) is 19.4 Å². The van der Waals surface area contributed by atoms with Crippen LogP contribution in [0.15, 0.2) is 29.3 Å². The fraction of sp³-hybridized carbons (Fsp3) is 0.316. The smallest absolute Gasteiger partial charge is 0.407 e. The number of nitrogens with two attached hydrogens (primary N) is 1. The molecule has 3 heterocycles. The Morgan fingerprint density at radius 2 is 1.97 bits per heavy atom. The number of fused-ring (bicyclic) bond motifs is 3. The van der Waals surface area contributed by atoms with Crippen LogP contribution in [0.25, 0.3) is 5.69 Å². The third kappa shape index (κ3) is 2.67. The van der Waals surface area contributed by atoms with E-state index < -0.39 is 18.0 Å². The van der Waals surface area contributed by atoms with Crippen LogP contribution in [-0.2, 0) is 9.59 Å². The van der Waals surface area contributed by atoms with Crippen molar-refractivity contribution in [2.75, 3.05) is 20.7 Å². The Labute approximate surface area is 166 Å². The van der Waals surface area contributed by atoms with Crippen molar-refractivity contribution in [3.63, 3.8) is 0 Å². The minimum Gasteiger partial charge on any atom is -0.484 e. The van der Waals surface area contributed by atoms with Gasteiger partial charge in [-0.1, -0.05) is 11.1 Å². The van der Waals surface area contributed by atoms with Crippen LogP contribution in [0.2, 0.25) is 0 Å². The molecule has 4 rings (SSSR count). The third-order valence-corrected chi connectivity index (χ3v) is 5.29. The zero-order valence-corrected chi connectivity index (χ0v) is 16.5. The van der Waals surface area contributed by atoms with E-state index in [9.17, 15) is 14.4 Å². The molecule has 1 saturated heterocycles. The molecule has 1 fully saturated rings. The molecule has 0 bridgehead atoms. The van der Waals surface area contributed by atoms with Crippen LogP contribution in [0.5, 0.6) is 5.75 Å². The Morgan fingerprint density at radius 1 is 1.24 bits per heavy atom. The van der Waals surface area contributed by atoms with E-state index in [1.54, 1.807) is 25.2 Å². The number of nitrogens with zero attached hydrogens (tertiary/aromatic N) is 5. The van der Waals surface area contributed by atoms with Crippen molar-refractivity contribution in [2.45, 2.75) is 19.9 Å². The van der Waals surface area contributed by atoms with Gasteiger partial charge in [0.15, 0.2) is 6.61 Å². The van der Waals surface area contributed by atoms with Crippen molar-refractivity contribution in [1.82, 2.24) is 14.4 Å².